The van der Waals surface area contributed by atoms with Crippen LogP contribution in [0, 0.1) is 17.1 Å². The van der Waals surface area contributed by atoms with E-state index < -0.39 is 0 Å². The summed E-state index contributed by atoms with van der Waals surface area (Å²) in [5, 5.41) is 12.5. The molecule has 1 aromatic carbocycles. The third kappa shape index (κ3) is 2.25. The summed E-state index contributed by atoms with van der Waals surface area (Å²) in [6.45, 7) is 0.452. The lowest BCUT2D eigenvalue weighted by Crippen LogP contribution is -2.00. The Balaban J connectivity index is 2.21. The average molecular weight is 281 g/mol. The summed E-state index contributed by atoms with van der Waals surface area (Å²) in [7, 11) is 0. The first-order chi connectivity index (χ1) is 7.69. The molecule has 6 heteroatoms. The van der Waals surface area contributed by atoms with E-state index in [0.717, 1.165) is 5.56 Å². The van der Waals surface area contributed by atoms with E-state index in [9.17, 15) is 4.39 Å². The molecular weight excluding hydrogens is 275 g/mol. The number of hydrogen-bond donors (Lipinski definition) is 0. The zero-order valence-electron chi connectivity index (χ0n) is 8.06. The first-order valence-electron chi connectivity index (χ1n) is 4.42. The molecule has 1 aromatic heterocycles. The van der Waals surface area contributed by atoms with Crippen LogP contribution in [0.4, 0.5) is 4.39 Å². The van der Waals surface area contributed by atoms with Crippen molar-refractivity contribution in [2.75, 3.05) is 0 Å². The highest BCUT2D eigenvalue weighted by molar-refractivity contribution is 9.10. The lowest BCUT2D eigenvalue weighted by atomic mass is 10.2. The smallest absolute Gasteiger partial charge is 0.247 e. The Morgan fingerprint density at radius 1 is 1.50 bits per heavy atom. The van der Waals surface area contributed by atoms with Crippen LogP contribution in [0.2, 0.25) is 0 Å². The number of hydrogen-bond acceptors (Lipinski definition) is 3. The Hall–Kier alpha value is -1.74. The summed E-state index contributed by atoms with van der Waals surface area (Å²) in [5.41, 5.74) is 0.877. The molecule has 0 atom stereocenters. The lowest BCUT2D eigenvalue weighted by molar-refractivity contribution is 0.617. The Kier molecular flexibility index (Phi) is 2.97. The van der Waals surface area contributed by atoms with E-state index in [2.05, 4.69) is 26.0 Å². The number of benzene rings is 1. The Bertz CT molecular complexity index is 558. The van der Waals surface area contributed by atoms with Gasteiger partial charge in [0.05, 0.1) is 11.0 Å². The Morgan fingerprint density at radius 3 is 2.94 bits per heavy atom. The monoisotopic (exact) mass is 280 g/mol. The second-order valence-corrected chi connectivity index (χ2v) is 3.98. The summed E-state index contributed by atoms with van der Waals surface area (Å²) >= 11 is 3.11. The van der Waals surface area contributed by atoms with Gasteiger partial charge in [0.15, 0.2) is 0 Å². The van der Waals surface area contributed by atoms with Crippen LogP contribution in [-0.4, -0.2) is 14.8 Å². The highest BCUT2D eigenvalue weighted by Gasteiger charge is 2.03. The Morgan fingerprint density at radius 2 is 2.31 bits per heavy atom. The van der Waals surface area contributed by atoms with Gasteiger partial charge in [-0.05, 0) is 33.6 Å². The molecule has 0 spiro atoms. The van der Waals surface area contributed by atoms with Crippen LogP contribution in [-0.2, 0) is 6.54 Å². The van der Waals surface area contributed by atoms with Gasteiger partial charge in [-0.3, -0.25) is 0 Å². The molecule has 0 aliphatic rings. The fraction of sp³-hybridized carbons (Fsp3) is 0.100. The highest BCUT2D eigenvalue weighted by Crippen LogP contribution is 2.17. The van der Waals surface area contributed by atoms with Gasteiger partial charge in [0.25, 0.3) is 5.82 Å². The minimum Gasteiger partial charge on any atom is -0.247 e. The summed E-state index contributed by atoms with van der Waals surface area (Å²) in [4.78, 5) is 3.78. The minimum atomic E-state index is -0.306. The van der Waals surface area contributed by atoms with E-state index in [-0.39, 0.29) is 11.6 Å². The lowest BCUT2D eigenvalue weighted by Gasteiger charge is -2.02. The van der Waals surface area contributed by atoms with E-state index in [0.29, 0.717) is 11.0 Å². The summed E-state index contributed by atoms with van der Waals surface area (Å²) in [5.74, 6) is -0.179. The molecule has 0 unspecified atom stereocenters. The predicted octanol–water partition coefficient (Wildman–Crippen LogP) is 2.10. The SMILES string of the molecule is N#Cc1ncn(Cc2ccc(F)c(Br)c2)n1. The summed E-state index contributed by atoms with van der Waals surface area (Å²) in [6, 6.07) is 6.55. The number of nitrogens with zero attached hydrogens (tertiary/aromatic N) is 4. The fourth-order valence-corrected chi connectivity index (χ4v) is 1.67. The molecule has 0 aliphatic heterocycles. The molecule has 2 rings (SSSR count). The molecule has 2 aromatic rings. The van der Waals surface area contributed by atoms with Gasteiger partial charge in [-0.25, -0.2) is 14.1 Å². The van der Waals surface area contributed by atoms with Crippen molar-refractivity contribution in [3.63, 3.8) is 0 Å². The van der Waals surface area contributed by atoms with Crippen LogP contribution in [0.5, 0.6) is 0 Å². The molecular formula is C10H6BrFN4. The predicted molar refractivity (Wildman–Crippen MR) is 57.9 cm³/mol. The Labute approximate surface area is 99.5 Å². The molecule has 0 amide bonds. The molecule has 0 N–H and O–H groups in total. The first-order valence-corrected chi connectivity index (χ1v) is 5.22. The van der Waals surface area contributed by atoms with Crippen molar-refractivity contribution in [3.8, 4) is 6.07 Å². The maximum absolute atomic E-state index is 13.0. The van der Waals surface area contributed by atoms with Gasteiger partial charge in [-0.15, -0.1) is 5.10 Å². The molecule has 0 bridgehead atoms. The minimum absolute atomic E-state index is 0.126. The molecule has 0 aliphatic carbocycles. The van der Waals surface area contributed by atoms with Crippen molar-refractivity contribution in [2.45, 2.75) is 6.54 Å². The number of aromatic nitrogens is 3. The van der Waals surface area contributed by atoms with Crippen LogP contribution < -0.4 is 0 Å². The third-order valence-electron chi connectivity index (χ3n) is 1.97. The largest absolute Gasteiger partial charge is 0.252 e. The quantitative estimate of drug-likeness (QED) is 0.847. The van der Waals surface area contributed by atoms with Crippen molar-refractivity contribution in [3.05, 3.63) is 46.2 Å². The van der Waals surface area contributed by atoms with Gasteiger partial charge in [0.1, 0.15) is 18.2 Å². The van der Waals surface area contributed by atoms with Crippen LogP contribution in [0.3, 0.4) is 0 Å². The van der Waals surface area contributed by atoms with Gasteiger partial charge in [-0.1, -0.05) is 6.07 Å². The topological polar surface area (TPSA) is 54.5 Å². The van der Waals surface area contributed by atoms with Crippen molar-refractivity contribution in [2.24, 2.45) is 0 Å². The molecule has 80 valence electrons. The molecule has 1 heterocycles. The van der Waals surface area contributed by atoms with Crippen molar-refractivity contribution < 1.29 is 4.39 Å². The third-order valence-corrected chi connectivity index (χ3v) is 2.57. The summed E-state index contributed by atoms with van der Waals surface area (Å²) in [6.07, 6.45) is 1.47. The number of rotatable bonds is 2. The second-order valence-electron chi connectivity index (χ2n) is 3.13. The van der Waals surface area contributed by atoms with Gasteiger partial charge in [-0.2, -0.15) is 5.26 Å². The van der Waals surface area contributed by atoms with Crippen LogP contribution in [0.25, 0.3) is 0 Å². The highest BCUT2D eigenvalue weighted by atomic mass is 79.9. The normalized spacial score (nSPS) is 10.1. The van der Waals surface area contributed by atoms with Crippen LogP contribution in [0.15, 0.2) is 29.0 Å². The average Bonchev–Trinajstić information content (AvgIpc) is 2.71. The maximum Gasteiger partial charge on any atom is 0.252 e. The molecule has 4 nitrogen and oxygen atoms in total. The number of halogens is 2. The zero-order valence-corrected chi connectivity index (χ0v) is 9.65. The molecule has 0 fully saturated rings. The first kappa shape index (κ1) is 10.8. The van der Waals surface area contributed by atoms with Crippen LogP contribution >= 0.6 is 15.9 Å². The van der Waals surface area contributed by atoms with Crippen molar-refractivity contribution >= 4 is 15.9 Å². The molecule has 0 radical (unpaired) electrons. The standard InChI is InChI=1S/C10H6BrFN4/c11-8-3-7(1-2-9(8)12)5-16-6-14-10(4-13)15-16/h1-3,6H,5H2. The number of nitriles is 1. The van der Waals surface area contributed by atoms with Crippen molar-refractivity contribution in [1.82, 2.24) is 14.8 Å². The molecule has 16 heavy (non-hydrogen) atoms. The van der Waals surface area contributed by atoms with Gasteiger partial charge >= 0.3 is 0 Å². The van der Waals surface area contributed by atoms with Crippen LogP contribution in [0.1, 0.15) is 11.4 Å². The van der Waals surface area contributed by atoms with E-state index in [1.54, 1.807) is 12.1 Å². The molecule has 0 saturated carbocycles. The second kappa shape index (κ2) is 4.41. The molecule has 0 saturated heterocycles. The van der Waals surface area contributed by atoms with E-state index in [4.69, 9.17) is 5.26 Å². The van der Waals surface area contributed by atoms with Gasteiger partial charge in [0.2, 0.25) is 0 Å². The summed E-state index contributed by atoms with van der Waals surface area (Å²) < 4.78 is 14.9. The van der Waals surface area contributed by atoms with E-state index in [1.807, 2.05) is 6.07 Å². The van der Waals surface area contributed by atoms with Gasteiger partial charge in [0, 0.05) is 0 Å². The van der Waals surface area contributed by atoms with E-state index in [1.165, 1.54) is 17.1 Å². The zero-order chi connectivity index (χ0) is 11.5. The van der Waals surface area contributed by atoms with Gasteiger partial charge < -0.3 is 0 Å². The van der Waals surface area contributed by atoms with E-state index >= 15 is 0 Å². The van der Waals surface area contributed by atoms with Crippen molar-refractivity contribution in [1.29, 1.82) is 5.26 Å². The maximum atomic E-state index is 13.0. The fourth-order valence-electron chi connectivity index (χ4n) is 1.25.